The zero-order valence-electron chi connectivity index (χ0n) is 21.8. The number of urea groups is 1. The van der Waals surface area contributed by atoms with Crippen LogP contribution in [0.2, 0.25) is 0 Å². The average molecular weight is 513 g/mol. The summed E-state index contributed by atoms with van der Waals surface area (Å²) in [4.78, 5) is 35.0. The van der Waals surface area contributed by atoms with Gasteiger partial charge in [-0.15, -0.1) is 0 Å². The molecule has 10 nitrogen and oxygen atoms in total. The summed E-state index contributed by atoms with van der Waals surface area (Å²) >= 11 is 0. The molecule has 3 unspecified atom stereocenters. The molecule has 2 aromatic rings. The van der Waals surface area contributed by atoms with Gasteiger partial charge in [0.05, 0.1) is 25.6 Å². The SMILES string of the molecule is CC1CN(C(C)CO)C(=O)Cc2cc(NC(=O)NC3CCCCC3)ccc2OC1CNCc1ncc[nH]1. The highest BCUT2D eigenvalue weighted by Crippen LogP contribution is 2.29. The molecule has 3 amide bonds. The third-order valence-corrected chi connectivity index (χ3v) is 7.31. The van der Waals surface area contributed by atoms with Gasteiger partial charge in [-0.05, 0) is 38.0 Å². The highest BCUT2D eigenvalue weighted by Gasteiger charge is 2.30. The Morgan fingerprint density at radius 3 is 2.84 bits per heavy atom. The lowest BCUT2D eigenvalue weighted by atomic mass is 9.96. The van der Waals surface area contributed by atoms with E-state index in [0.717, 1.165) is 31.5 Å². The van der Waals surface area contributed by atoms with Gasteiger partial charge in [-0.1, -0.05) is 26.2 Å². The lowest BCUT2D eigenvalue weighted by Gasteiger charge is -2.32. The number of aliphatic hydroxyl groups is 1. The summed E-state index contributed by atoms with van der Waals surface area (Å²) in [5.41, 5.74) is 1.32. The molecule has 0 radical (unpaired) electrons. The van der Waals surface area contributed by atoms with Crippen molar-refractivity contribution < 1.29 is 19.4 Å². The maximum Gasteiger partial charge on any atom is 0.319 e. The van der Waals surface area contributed by atoms with E-state index in [1.54, 1.807) is 17.3 Å². The van der Waals surface area contributed by atoms with E-state index in [2.05, 4.69) is 32.8 Å². The van der Waals surface area contributed by atoms with E-state index in [1.807, 2.05) is 25.1 Å². The molecule has 0 spiro atoms. The summed E-state index contributed by atoms with van der Waals surface area (Å²) in [7, 11) is 0. The average Bonchev–Trinajstić information content (AvgIpc) is 3.42. The van der Waals surface area contributed by atoms with Crippen molar-refractivity contribution in [1.29, 1.82) is 0 Å². The van der Waals surface area contributed by atoms with Gasteiger partial charge in [-0.25, -0.2) is 9.78 Å². The summed E-state index contributed by atoms with van der Waals surface area (Å²) in [5.74, 6) is 1.39. The number of imidazole rings is 1. The molecule has 1 aromatic heterocycles. The van der Waals surface area contributed by atoms with Crippen LogP contribution < -0.4 is 20.7 Å². The Morgan fingerprint density at radius 2 is 2.11 bits per heavy atom. The van der Waals surface area contributed by atoms with E-state index < -0.39 is 0 Å². The molecule has 5 N–H and O–H groups in total. The standard InChI is InChI=1S/C27H40N6O4/c1-18-16-33(19(2)17-34)26(35)13-20-12-22(32-27(36)31-21-6-4-3-5-7-21)8-9-23(20)37-24(18)14-28-15-25-29-10-11-30-25/h8-12,18-19,21,24,28,34H,3-7,13-17H2,1-2H3,(H,29,30)(H2,31,32,36). The zero-order valence-corrected chi connectivity index (χ0v) is 21.8. The molecule has 2 heterocycles. The molecule has 0 saturated heterocycles. The van der Waals surface area contributed by atoms with E-state index >= 15 is 0 Å². The van der Waals surface area contributed by atoms with Crippen LogP contribution in [0.15, 0.2) is 30.6 Å². The maximum atomic E-state index is 13.3. The Kier molecular flexibility index (Phi) is 9.40. The summed E-state index contributed by atoms with van der Waals surface area (Å²) in [6.45, 7) is 5.39. The fourth-order valence-corrected chi connectivity index (χ4v) is 5.08. The first kappa shape index (κ1) is 26.9. The van der Waals surface area contributed by atoms with Crippen molar-refractivity contribution in [3.05, 3.63) is 42.0 Å². The lowest BCUT2D eigenvalue weighted by Crippen LogP contribution is -2.47. The Balaban J connectivity index is 1.50. The van der Waals surface area contributed by atoms with E-state index in [1.165, 1.54) is 6.42 Å². The quantitative estimate of drug-likeness (QED) is 0.370. The number of carbonyl (C=O) groups excluding carboxylic acids is 2. The molecule has 1 aromatic carbocycles. The summed E-state index contributed by atoms with van der Waals surface area (Å²) < 4.78 is 6.48. The van der Waals surface area contributed by atoms with Gasteiger partial charge in [0.15, 0.2) is 0 Å². The number of nitrogens with zero attached hydrogens (tertiary/aromatic N) is 2. The Morgan fingerprint density at radius 1 is 1.30 bits per heavy atom. The van der Waals surface area contributed by atoms with Gasteiger partial charge < -0.3 is 35.7 Å². The highest BCUT2D eigenvalue weighted by atomic mass is 16.5. The second-order valence-electron chi connectivity index (χ2n) is 10.3. The van der Waals surface area contributed by atoms with Gasteiger partial charge in [-0.3, -0.25) is 4.79 Å². The van der Waals surface area contributed by atoms with Gasteiger partial charge >= 0.3 is 6.03 Å². The van der Waals surface area contributed by atoms with Crippen LogP contribution in [0, 0.1) is 5.92 Å². The minimum atomic E-state index is -0.309. The number of ether oxygens (including phenoxy) is 1. The third-order valence-electron chi connectivity index (χ3n) is 7.31. The topological polar surface area (TPSA) is 132 Å². The molecule has 2 aliphatic rings. The zero-order chi connectivity index (χ0) is 26.2. The van der Waals surface area contributed by atoms with Crippen molar-refractivity contribution in [2.24, 2.45) is 5.92 Å². The first-order chi connectivity index (χ1) is 17.9. The van der Waals surface area contributed by atoms with Crippen molar-refractivity contribution in [2.75, 3.05) is 25.0 Å². The van der Waals surface area contributed by atoms with Gasteiger partial charge in [0.1, 0.15) is 17.7 Å². The van der Waals surface area contributed by atoms with Crippen LogP contribution in [0.25, 0.3) is 0 Å². The van der Waals surface area contributed by atoms with Gasteiger partial charge in [0, 0.05) is 48.7 Å². The Bertz CT molecular complexity index is 1020. The summed E-state index contributed by atoms with van der Waals surface area (Å²) in [6, 6.07) is 5.13. The van der Waals surface area contributed by atoms with Crippen LogP contribution >= 0.6 is 0 Å². The van der Waals surface area contributed by atoms with Crippen molar-refractivity contribution in [1.82, 2.24) is 25.5 Å². The van der Waals surface area contributed by atoms with Crippen LogP contribution in [-0.2, 0) is 17.8 Å². The second kappa shape index (κ2) is 12.9. The molecule has 0 bridgehead atoms. The van der Waals surface area contributed by atoms with E-state index in [0.29, 0.717) is 36.6 Å². The molecule has 37 heavy (non-hydrogen) atoms. The fraction of sp³-hybridized carbons (Fsp3) is 0.593. The summed E-state index contributed by atoms with van der Waals surface area (Å²) in [5, 5.41) is 19.2. The molecule has 1 aliphatic carbocycles. The molecule has 10 heteroatoms. The van der Waals surface area contributed by atoms with E-state index in [4.69, 9.17) is 4.74 Å². The molecule has 1 saturated carbocycles. The van der Waals surface area contributed by atoms with E-state index in [9.17, 15) is 14.7 Å². The van der Waals surface area contributed by atoms with Crippen LogP contribution in [0.3, 0.4) is 0 Å². The summed E-state index contributed by atoms with van der Waals surface area (Å²) in [6.07, 6.45) is 8.92. The number of aromatic nitrogens is 2. The lowest BCUT2D eigenvalue weighted by molar-refractivity contribution is -0.134. The van der Waals surface area contributed by atoms with Gasteiger partial charge in [0.25, 0.3) is 0 Å². The number of amides is 3. The van der Waals surface area contributed by atoms with Crippen LogP contribution in [0.4, 0.5) is 10.5 Å². The normalized spacial score (nSPS) is 21.7. The first-order valence-electron chi connectivity index (χ1n) is 13.4. The highest BCUT2D eigenvalue weighted by molar-refractivity contribution is 5.90. The number of aromatic amines is 1. The predicted molar refractivity (Wildman–Crippen MR) is 141 cm³/mol. The number of H-pyrrole nitrogens is 1. The molecule has 4 rings (SSSR count). The predicted octanol–water partition coefficient (Wildman–Crippen LogP) is 2.80. The number of hydrogen-bond acceptors (Lipinski definition) is 6. The van der Waals surface area contributed by atoms with Gasteiger partial charge in [0.2, 0.25) is 5.91 Å². The van der Waals surface area contributed by atoms with Crippen molar-refractivity contribution in [2.45, 2.75) is 77.1 Å². The third kappa shape index (κ3) is 7.45. The molecule has 1 aliphatic heterocycles. The largest absolute Gasteiger partial charge is 0.488 e. The van der Waals surface area contributed by atoms with E-state index in [-0.39, 0.29) is 49.1 Å². The number of fused-ring (bicyclic) bond motifs is 1. The number of nitrogens with one attached hydrogen (secondary N) is 4. The molecule has 3 atom stereocenters. The number of rotatable bonds is 8. The second-order valence-corrected chi connectivity index (χ2v) is 10.3. The molecule has 202 valence electrons. The van der Waals surface area contributed by atoms with Crippen LogP contribution in [0.1, 0.15) is 57.3 Å². The molecule has 1 fully saturated rings. The number of benzene rings is 1. The molecular weight excluding hydrogens is 472 g/mol. The minimum Gasteiger partial charge on any atom is -0.488 e. The molecular formula is C27H40N6O4. The number of anilines is 1. The Labute approximate surface area is 218 Å². The number of hydrogen-bond donors (Lipinski definition) is 5. The van der Waals surface area contributed by atoms with Crippen molar-refractivity contribution >= 4 is 17.6 Å². The van der Waals surface area contributed by atoms with Gasteiger partial charge in [-0.2, -0.15) is 0 Å². The number of aliphatic hydroxyl groups excluding tert-OH is 1. The fourth-order valence-electron chi connectivity index (χ4n) is 5.08. The minimum absolute atomic E-state index is 0.00655. The maximum absolute atomic E-state index is 13.3. The first-order valence-corrected chi connectivity index (χ1v) is 13.4. The van der Waals surface area contributed by atoms with Crippen LogP contribution in [0.5, 0.6) is 5.75 Å². The van der Waals surface area contributed by atoms with Crippen molar-refractivity contribution in [3.8, 4) is 5.75 Å². The number of carbonyl (C=O) groups is 2. The smallest absolute Gasteiger partial charge is 0.319 e. The van der Waals surface area contributed by atoms with Crippen LogP contribution in [-0.4, -0.2) is 69.8 Å². The monoisotopic (exact) mass is 512 g/mol. The van der Waals surface area contributed by atoms with Crippen molar-refractivity contribution in [3.63, 3.8) is 0 Å². The Hall–Kier alpha value is -3.11.